The topological polar surface area (TPSA) is 163 Å². The standard InChI is InChI=1S/C12H10N6O5/c19-10(5-9-11(20)14-12(21)17-15-9)16-13-6-7-2-1-3-8(4-7)18(22)23/h1-4,6H,5H2,(H,16,19)(H2,14,17,20,21)/b13-6+. The minimum Gasteiger partial charge on any atom is -0.273 e. The Labute approximate surface area is 127 Å². The van der Waals surface area contributed by atoms with Gasteiger partial charge < -0.3 is 0 Å². The maximum Gasteiger partial charge on any atom is 0.342 e. The molecule has 2 rings (SSSR count). The second kappa shape index (κ2) is 6.89. The summed E-state index contributed by atoms with van der Waals surface area (Å²) in [6, 6.07) is 5.65. The quantitative estimate of drug-likeness (QED) is 0.366. The van der Waals surface area contributed by atoms with Crippen LogP contribution in [0.1, 0.15) is 11.3 Å². The molecule has 0 aliphatic heterocycles. The first-order valence-electron chi connectivity index (χ1n) is 6.20. The number of hydrogen-bond acceptors (Lipinski definition) is 7. The predicted molar refractivity (Wildman–Crippen MR) is 78.0 cm³/mol. The Kier molecular flexibility index (Phi) is 4.72. The number of nitro groups is 1. The number of hydrazone groups is 1. The van der Waals surface area contributed by atoms with E-state index >= 15 is 0 Å². The highest BCUT2D eigenvalue weighted by Gasteiger charge is 2.08. The maximum atomic E-state index is 11.6. The van der Waals surface area contributed by atoms with E-state index in [1.165, 1.54) is 24.4 Å². The average molecular weight is 318 g/mol. The number of rotatable bonds is 5. The molecule has 3 N–H and O–H groups in total. The van der Waals surface area contributed by atoms with E-state index in [0.29, 0.717) is 5.56 Å². The van der Waals surface area contributed by atoms with Gasteiger partial charge in [0.15, 0.2) is 0 Å². The lowest BCUT2D eigenvalue weighted by Crippen LogP contribution is -2.31. The van der Waals surface area contributed by atoms with Crippen LogP contribution >= 0.6 is 0 Å². The summed E-state index contributed by atoms with van der Waals surface area (Å²) in [7, 11) is 0. The maximum absolute atomic E-state index is 11.6. The van der Waals surface area contributed by atoms with Gasteiger partial charge in [-0.25, -0.2) is 15.3 Å². The molecule has 2 aromatic rings. The summed E-state index contributed by atoms with van der Waals surface area (Å²) in [5, 5.41) is 19.7. The van der Waals surface area contributed by atoms with Crippen LogP contribution in [0.25, 0.3) is 0 Å². The molecular weight excluding hydrogens is 308 g/mol. The molecule has 1 aromatic carbocycles. The van der Waals surface area contributed by atoms with Crippen molar-refractivity contribution < 1.29 is 9.72 Å². The molecule has 1 heterocycles. The highest BCUT2D eigenvalue weighted by molar-refractivity contribution is 5.83. The minimum atomic E-state index is -0.775. The third-order valence-electron chi connectivity index (χ3n) is 2.59. The fourth-order valence-electron chi connectivity index (χ4n) is 1.58. The van der Waals surface area contributed by atoms with Gasteiger partial charge in [0.25, 0.3) is 11.2 Å². The highest BCUT2D eigenvalue weighted by atomic mass is 16.6. The minimum absolute atomic E-state index is 0.107. The first-order valence-corrected chi connectivity index (χ1v) is 6.20. The van der Waals surface area contributed by atoms with Crippen LogP contribution in [-0.4, -0.2) is 32.2 Å². The number of carbonyl (C=O) groups excluding carboxylic acids is 1. The van der Waals surface area contributed by atoms with E-state index in [9.17, 15) is 24.5 Å². The van der Waals surface area contributed by atoms with E-state index < -0.39 is 28.5 Å². The van der Waals surface area contributed by atoms with Crippen molar-refractivity contribution >= 4 is 17.8 Å². The fraction of sp³-hybridized carbons (Fsp3) is 0.0833. The summed E-state index contributed by atoms with van der Waals surface area (Å²) < 4.78 is 0. The molecule has 0 saturated heterocycles. The van der Waals surface area contributed by atoms with Crippen molar-refractivity contribution in [2.75, 3.05) is 0 Å². The monoisotopic (exact) mass is 318 g/mol. The predicted octanol–water partition coefficient (Wildman–Crippen LogP) is -0.941. The molecule has 11 heteroatoms. The van der Waals surface area contributed by atoms with E-state index in [2.05, 4.69) is 15.6 Å². The number of aromatic amines is 2. The lowest BCUT2D eigenvalue weighted by Gasteiger charge is -1.98. The van der Waals surface area contributed by atoms with Crippen molar-refractivity contribution in [1.29, 1.82) is 0 Å². The van der Waals surface area contributed by atoms with Gasteiger partial charge in [-0.05, 0) is 0 Å². The van der Waals surface area contributed by atoms with Gasteiger partial charge in [0.1, 0.15) is 5.69 Å². The van der Waals surface area contributed by atoms with Crippen LogP contribution in [0.15, 0.2) is 39.0 Å². The number of benzene rings is 1. The first kappa shape index (κ1) is 15.8. The molecule has 11 nitrogen and oxygen atoms in total. The fourth-order valence-corrected chi connectivity index (χ4v) is 1.58. The zero-order chi connectivity index (χ0) is 16.8. The van der Waals surface area contributed by atoms with Crippen LogP contribution in [0.3, 0.4) is 0 Å². The van der Waals surface area contributed by atoms with E-state index in [4.69, 9.17) is 0 Å². The first-order chi connectivity index (χ1) is 11.0. The molecule has 0 unspecified atom stereocenters. The Hall–Kier alpha value is -3.63. The second-order valence-corrected chi connectivity index (χ2v) is 4.28. The van der Waals surface area contributed by atoms with Crippen molar-refractivity contribution in [3.63, 3.8) is 0 Å². The number of nitro benzene ring substituents is 1. The SMILES string of the molecule is O=C(Cc1n[nH]c(=O)[nH]c1=O)N/N=C/c1cccc([N+](=O)[O-])c1. The Morgan fingerprint density at radius 3 is 2.91 bits per heavy atom. The summed E-state index contributed by atoms with van der Waals surface area (Å²) >= 11 is 0. The van der Waals surface area contributed by atoms with Gasteiger partial charge in [-0.2, -0.15) is 10.2 Å². The third kappa shape index (κ3) is 4.42. The number of nitrogens with zero attached hydrogens (tertiary/aromatic N) is 3. The number of hydrogen-bond donors (Lipinski definition) is 3. The van der Waals surface area contributed by atoms with Crippen molar-refractivity contribution in [2.24, 2.45) is 5.10 Å². The summed E-state index contributed by atoms with van der Waals surface area (Å²) in [6.45, 7) is 0. The molecule has 0 radical (unpaired) electrons. The zero-order valence-electron chi connectivity index (χ0n) is 11.5. The Balaban J connectivity index is 1.98. The second-order valence-electron chi connectivity index (χ2n) is 4.28. The summed E-state index contributed by atoms with van der Waals surface area (Å²) in [4.78, 5) is 45.7. The Bertz CT molecular complexity index is 884. The largest absolute Gasteiger partial charge is 0.342 e. The van der Waals surface area contributed by atoms with Gasteiger partial charge in [0, 0.05) is 17.7 Å². The van der Waals surface area contributed by atoms with E-state index in [-0.39, 0.29) is 11.4 Å². The van der Waals surface area contributed by atoms with Crippen molar-refractivity contribution in [1.82, 2.24) is 20.6 Å². The van der Waals surface area contributed by atoms with Crippen LogP contribution in [0, 0.1) is 10.1 Å². The normalized spacial score (nSPS) is 10.6. The number of carbonyl (C=O) groups is 1. The molecule has 0 aliphatic carbocycles. The van der Waals surface area contributed by atoms with Gasteiger partial charge in [0.2, 0.25) is 5.91 Å². The van der Waals surface area contributed by atoms with E-state index in [1.807, 2.05) is 10.1 Å². The van der Waals surface area contributed by atoms with Gasteiger partial charge >= 0.3 is 5.69 Å². The van der Waals surface area contributed by atoms with Crippen molar-refractivity contribution in [2.45, 2.75) is 6.42 Å². The highest BCUT2D eigenvalue weighted by Crippen LogP contribution is 2.11. The smallest absolute Gasteiger partial charge is 0.273 e. The van der Waals surface area contributed by atoms with Crippen molar-refractivity contribution in [3.05, 3.63) is 66.5 Å². The molecule has 1 aromatic heterocycles. The Morgan fingerprint density at radius 2 is 2.22 bits per heavy atom. The van der Waals surface area contributed by atoms with Crippen LogP contribution < -0.4 is 16.7 Å². The molecule has 0 saturated carbocycles. The third-order valence-corrected chi connectivity index (χ3v) is 2.59. The van der Waals surface area contributed by atoms with Gasteiger partial charge in [-0.1, -0.05) is 12.1 Å². The molecule has 0 bridgehead atoms. The molecule has 0 spiro atoms. The van der Waals surface area contributed by atoms with Crippen LogP contribution in [0.5, 0.6) is 0 Å². The number of non-ortho nitro benzene ring substituents is 1. The average Bonchev–Trinajstić information content (AvgIpc) is 2.50. The van der Waals surface area contributed by atoms with E-state index in [1.54, 1.807) is 6.07 Å². The zero-order valence-corrected chi connectivity index (χ0v) is 11.5. The molecule has 0 fully saturated rings. The number of amides is 1. The molecule has 0 atom stereocenters. The molecule has 0 aliphatic rings. The van der Waals surface area contributed by atoms with Gasteiger partial charge in [0.05, 0.1) is 17.6 Å². The van der Waals surface area contributed by atoms with Gasteiger partial charge in [-0.15, -0.1) is 0 Å². The van der Waals surface area contributed by atoms with Crippen LogP contribution in [-0.2, 0) is 11.2 Å². The van der Waals surface area contributed by atoms with Crippen molar-refractivity contribution in [3.8, 4) is 0 Å². The molecule has 118 valence electrons. The van der Waals surface area contributed by atoms with E-state index in [0.717, 1.165) is 0 Å². The molecule has 1 amide bonds. The number of H-pyrrole nitrogens is 2. The molecule has 23 heavy (non-hydrogen) atoms. The lowest BCUT2D eigenvalue weighted by atomic mass is 10.2. The summed E-state index contributed by atoms with van der Waals surface area (Å²) in [6.07, 6.45) is 0.827. The molecular formula is C12H10N6O5. The number of aromatic nitrogens is 3. The lowest BCUT2D eigenvalue weighted by molar-refractivity contribution is -0.384. The van der Waals surface area contributed by atoms with Crippen LogP contribution in [0.2, 0.25) is 0 Å². The van der Waals surface area contributed by atoms with Gasteiger partial charge in [-0.3, -0.25) is 24.7 Å². The van der Waals surface area contributed by atoms with Crippen LogP contribution in [0.4, 0.5) is 5.69 Å². The summed E-state index contributed by atoms with van der Waals surface area (Å²) in [5.74, 6) is -0.642. The Morgan fingerprint density at radius 1 is 1.43 bits per heavy atom. The number of nitrogens with one attached hydrogen (secondary N) is 3. The summed E-state index contributed by atoms with van der Waals surface area (Å²) in [5.41, 5.74) is 0.735.